The van der Waals surface area contributed by atoms with Gasteiger partial charge in [-0.2, -0.15) is 0 Å². The van der Waals surface area contributed by atoms with Crippen molar-refractivity contribution in [2.24, 2.45) is 0 Å². The summed E-state index contributed by atoms with van der Waals surface area (Å²) in [4.78, 5) is 94.3. The molecule has 73 heavy (non-hydrogen) atoms. The van der Waals surface area contributed by atoms with Crippen LogP contribution in [0.2, 0.25) is 10.3 Å². The maximum atomic E-state index is 11.8. The first-order valence-electron chi connectivity index (χ1n) is 21.7. The Morgan fingerprint density at radius 1 is 0.630 bits per heavy atom. The van der Waals surface area contributed by atoms with Gasteiger partial charge in [-0.05, 0) is 97.5 Å². The number of esters is 7. The topological polar surface area (TPSA) is 251 Å². The van der Waals surface area contributed by atoms with Gasteiger partial charge in [0.05, 0.1) is 30.1 Å². The molecule has 0 unspecified atom stereocenters. The molecule has 2 rings (SSSR count). The highest BCUT2D eigenvalue weighted by Gasteiger charge is 2.12. The Kier molecular flexibility index (Phi) is 46.0. The van der Waals surface area contributed by atoms with E-state index in [1.54, 1.807) is 91.9 Å². The van der Waals surface area contributed by atoms with Gasteiger partial charge in [0.25, 0.3) is 0 Å². The fourth-order valence-electron chi connectivity index (χ4n) is 3.74. The summed E-state index contributed by atoms with van der Waals surface area (Å²) < 4.78 is 37.1. The molecule has 0 atom stereocenters. The van der Waals surface area contributed by atoms with Crippen LogP contribution in [0.4, 0.5) is 4.79 Å². The Morgan fingerprint density at radius 3 is 1.33 bits per heavy atom. The molecule has 0 aliphatic carbocycles. The van der Waals surface area contributed by atoms with Crippen LogP contribution in [0, 0.1) is 36.0 Å². The van der Waals surface area contributed by atoms with Crippen LogP contribution < -0.4 is 5.32 Å². The van der Waals surface area contributed by atoms with E-state index in [0.29, 0.717) is 22.5 Å². The second kappa shape index (κ2) is 46.2. The third kappa shape index (κ3) is 57.6. The number of nitrogens with one attached hydrogen (secondary N) is 1. The number of nitrogens with zero attached hydrogens (tertiary/aromatic N) is 3. The molecule has 1 N–H and O–H groups in total. The lowest BCUT2D eigenvalue weighted by Crippen LogP contribution is -2.23. The molecule has 0 radical (unpaired) electrons. The quantitative estimate of drug-likeness (QED) is 0.0359. The molecule has 0 saturated carbocycles. The lowest BCUT2D eigenvalue weighted by Gasteiger charge is -2.22. The van der Waals surface area contributed by atoms with Gasteiger partial charge in [0.2, 0.25) is 0 Å². The summed E-state index contributed by atoms with van der Waals surface area (Å²) >= 11 is 16.1. The minimum atomic E-state index is -0.741. The maximum Gasteiger partial charge on any atom is 0.404 e. The molecular formula is C50H67Cl3N4O16. The summed E-state index contributed by atoms with van der Waals surface area (Å²) in [5, 5.41) is 3.97. The third-order valence-corrected chi connectivity index (χ3v) is 6.91. The zero-order valence-electron chi connectivity index (χ0n) is 43.7. The normalized spacial score (nSPS) is 9.51. The van der Waals surface area contributed by atoms with E-state index in [9.17, 15) is 38.4 Å². The molecule has 0 saturated heterocycles. The lowest BCUT2D eigenvalue weighted by molar-refractivity contribution is -0.143. The van der Waals surface area contributed by atoms with Crippen LogP contribution in [0.25, 0.3) is 0 Å². The second-order valence-electron chi connectivity index (χ2n) is 14.7. The number of hydrogen-bond donors (Lipinski definition) is 1. The number of halogens is 3. The number of carbonyl (C=O) groups excluding carboxylic acids is 8. The zero-order chi connectivity index (χ0) is 56.9. The van der Waals surface area contributed by atoms with Crippen LogP contribution in [-0.2, 0) is 84.5 Å². The van der Waals surface area contributed by atoms with Gasteiger partial charge < -0.3 is 48.1 Å². The van der Waals surface area contributed by atoms with Gasteiger partial charge in [0.15, 0.2) is 19.8 Å². The molecule has 404 valence electrons. The first-order valence-corrected chi connectivity index (χ1v) is 22.9. The number of aromatic nitrogens is 2. The number of carbonyl (C=O) groups is 8. The van der Waals surface area contributed by atoms with E-state index in [1.807, 2.05) is 19.2 Å². The molecule has 23 heteroatoms. The average molecular weight is 1090 g/mol. The van der Waals surface area contributed by atoms with Gasteiger partial charge in [0.1, 0.15) is 16.9 Å². The molecule has 0 bridgehead atoms. The minimum absolute atomic E-state index is 0.0138. The Labute approximate surface area is 443 Å². The summed E-state index contributed by atoms with van der Waals surface area (Å²) in [5.41, 5.74) is 1.84. The van der Waals surface area contributed by atoms with Crippen molar-refractivity contribution in [3.8, 4) is 36.0 Å². The second-order valence-corrected chi connectivity index (χ2v) is 15.8. The summed E-state index contributed by atoms with van der Waals surface area (Å²) in [7, 11) is 3.68. The fourth-order valence-corrected chi connectivity index (χ4v) is 4.14. The van der Waals surface area contributed by atoms with Crippen LogP contribution in [0.3, 0.4) is 0 Å². The van der Waals surface area contributed by atoms with Crippen LogP contribution in [0.5, 0.6) is 0 Å². The predicted octanol–water partition coefficient (Wildman–Crippen LogP) is 6.98. The molecule has 2 heterocycles. The van der Waals surface area contributed by atoms with Crippen LogP contribution in [-0.4, -0.2) is 127 Å². The molecular weight excluding hydrogens is 1020 g/mol. The molecule has 2 aromatic rings. The Balaban J connectivity index is -0.000000414. The number of hydrogen-bond acceptors (Lipinski definition) is 20. The molecule has 0 aliphatic rings. The Morgan fingerprint density at radius 2 is 1.03 bits per heavy atom. The molecule has 0 fully saturated rings. The van der Waals surface area contributed by atoms with Crippen molar-refractivity contribution in [3.05, 3.63) is 69.9 Å². The third-order valence-electron chi connectivity index (χ3n) is 6.38. The lowest BCUT2D eigenvalue weighted by atomic mass is 10.2. The van der Waals surface area contributed by atoms with E-state index >= 15 is 0 Å². The molecule has 0 aliphatic heterocycles. The maximum absolute atomic E-state index is 11.8. The molecule has 2 aromatic heterocycles. The van der Waals surface area contributed by atoms with E-state index in [4.69, 9.17) is 60.2 Å². The van der Waals surface area contributed by atoms with Gasteiger partial charge in [-0.1, -0.05) is 41.3 Å². The fraction of sp³-hybridized carbons (Fsp3) is 0.480. The standard InChI is InChI=1S/C16H21ClN2O4.2C9H12O4.C7H9ClN2.C5H6O2.C4H7ClO2/c1-11(2)23-16(21)7-14(10-22-12(3)20)19(4)9-13-5-6-15(17)18-8-13;2*1-7(2)13-9(11)5-4-6-12-8(3)10;1-9-4-6-2-3-7(8)10-5-6;1-3-4-7-5(2)6;1-3(2)7-4(5)6/h5-8,11H,9-10H2,1-4H3;2*7H,6H2,1-3H3;2-3,5,9H,4H2,1H3;1H,4H2,2H3;3H,1-2H3. The number of ether oxygens (including phenoxy) is 8. The van der Waals surface area contributed by atoms with Crippen molar-refractivity contribution in [1.29, 1.82) is 0 Å². The number of likely N-dealkylation sites (N-methyl/N-ethyl adjacent to an activating group) is 1. The van der Waals surface area contributed by atoms with Crippen LogP contribution >= 0.6 is 34.8 Å². The van der Waals surface area contributed by atoms with Crippen molar-refractivity contribution >= 4 is 82.0 Å². The highest BCUT2D eigenvalue weighted by atomic mass is 35.5. The van der Waals surface area contributed by atoms with E-state index in [2.05, 4.69) is 63.8 Å². The van der Waals surface area contributed by atoms with E-state index in [1.165, 1.54) is 33.8 Å². The largest absolute Gasteiger partial charge is 0.460 e. The van der Waals surface area contributed by atoms with Gasteiger partial charge in [-0.25, -0.2) is 29.1 Å². The summed E-state index contributed by atoms with van der Waals surface area (Å²) in [6.07, 6.45) is 8.79. The van der Waals surface area contributed by atoms with Crippen molar-refractivity contribution < 1.29 is 76.3 Å². The van der Waals surface area contributed by atoms with Crippen molar-refractivity contribution in [3.63, 3.8) is 0 Å². The number of terminal acetylenes is 1. The first kappa shape index (κ1) is 72.7. The Bertz CT molecular complexity index is 2120. The van der Waals surface area contributed by atoms with E-state index in [-0.39, 0.29) is 56.8 Å². The Hall–Kier alpha value is -6.89. The van der Waals surface area contributed by atoms with Crippen LogP contribution in [0.1, 0.15) is 94.2 Å². The van der Waals surface area contributed by atoms with E-state index < -0.39 is 41.2 Å². The van der Waals surface area contributed by atoms with Crippen LogP contribution in [0.15, 0.2) is 48.4 Å². The smallest absolute Gasteiger partial charge is 0.404 e. The monoisotopic (exact) mass is 1080 g/mol. The summed E-state index contributed by atoms with van der Waals surface area (Å²) in [5.74, 6) is 7.92. The number of rotatable bonds is 15. The average Bonchev–Trinajstić information content (AvgIpc) is 3.26. The zero-order valence-corrected chi connectivity index (χ0v) is 45.9. The molecule has 0 amide bonds. The van der Waals surface area contributed by atoms with E-state index in [0.717, 1.165) is 17.7 Å². The SMILES string of the molecule is C#CCOC(C)=O.CC(=O)OCC#CC(=O)OC(C)C.CC(=O)OCC#CC(=O)OC(C)C.CC(=O)OCC(=CC(=O)OC(C)C)N(C)Cc1ccc(Cl)nc1.CC(C)OC(=O)Cl.CNCc1ccc(Cl)nc1. The summed E-state index contributed by atoms with van der Waals surface area (Å²) in [6, 6.07) is 7.26. The van der Waals surface area contributed by atoms with Gasteiger partial charge in [-0.3, -0.25) is 19.2 Å². The molecule has 0 aromatic carbocycles. The number of pyridine rings is 2. The first-order chi connectivity index (χ1) is 34.0. The molecule has 20 nitrogen and oxygen atoms in total. The molecule has 0 spiro atoms. The highest BCUT2D eigenvalue weighted by molar-refractivity contribution is 6.61. The predicted molar refractivity (Wildman–Crippen MR) is 273 cm³/mol. The summed E-state index contributed by atoms with van der Waals surface area (Å²) in [6.45, 7) is 20.3. The van der Waals surface area contributed by atoms with Gasteiger partial charge in [-0.15, -0.1) is 6.42 Å². The van der Waals surface area contributed by atoms with Crippen molar-refractivity contribution in [2.75, 3.05) is 40.5 Å². The van der Waals surface area contributed by atoms with Crippen molar-refractivity contribution in [2.45, 2.75) is 121 Å². The minimum Gasteiger partial charge on any atom is -0.460 e. The van der Waals surface area contributed by atoms with Gasteiger partial charge in [0, 0.05) is 89.7 Å². The highest BCUT2D eigenvalue weighted by Crippen LogP contribution is 2.12. The van der Waals surface area contributed by atoms with Crippen molar-refractivity contribution in [1.82, 2.24) is 20.2 Å². The van der Waals surface area contributed by atoms with Gasteiger partial charge >= 0.3 is 47.2 Å².